The number of fused-ring (bicyclic) bond motifs is 1. The Labute approximate surface area is 236 Å². The number of unbranched alkanes of at least 4 members (excludes halogenated alkanes) is 10. The number of aliphatic hydroxyl groups excluding tert-OH is 1. The van der Waals surface area contributed by atoms with Crippen molar-refractivity contribution in [2.75, 3.05) is 40.1 Å². The molecule has 7 nitrogen and oxygen atoms in total. The molecule has 2 aromatic rings. The Balaban J connectivity index is 1.80. The van der Waals surface area contributed by atoms with Crippen molar-refractivity contribution in [1.29, 1.82) is 0 Å². The molecule has 0 unspecified atom stereocenters. The minimum atomic E-state index is -0.616. The van der Waals surface area contributed by atoms with Crippen LogP contribution in [0.2, 0.25) is 0 Å². The minimum Gasteiger partial charge on any atom is -0.454 e. The van der Waals surface area contributed by atoms with E-state index in [1.54, 1.807) is 7.11 Å². The van der Waals surface area contributed by atoms with Gasteiger partial charge >= 0.3 is 0 Å². The van der Waals surface area contributed by atoms with Crippen LogP contribution in [0.1, 0.15) is 90.9 Å². The van der Waals surface area contributed by atoms with Gasteiger partial charge in [0, 0.05) is 7.11 Å². The number of methoxy groups -OCH3 is 1. The topological polar surface area (TPSA) is 75.0 Å². The average Bonchev–Trinajstić information content (AvgIpc) is 3.28. The first-order valence-electron chi connectivity index (χ1n) is 15.2. The van der Waals surface area contributed by atoms with Gasteiger partial charge in [-0.2, -0.15) is 4.98 Å². The third-order valence-corrected chi connectivity index (χ3v) is 7.05. The van der Waals surface area contributed by atoms with E-state index in [2.05, 4.69) is 13.5 Å². The van der Waals surface area contributed by atoms with Gasteiger partial charge in [0.2, 0.25) is 0 Å². The summed E-state index contributed by atoms with van der Waals surface area (Å²) in [5.74, 6) is 0. The zero-order valence-corrected chi connectivity index (χ0v) is 24.9. The molecule has 0 aliphatic carbocycles. The highest BCUT2D eigenvalue weighted by Crippen LogP contribution is 2.25. The third-order valence-electron chi connectivity index (χ3n) is 7.05. The van der Waals surface area contributed by atoms with Crippen molar-refractivity contribution in [3.8, 4) is 6.01 Å². The van der Waals surface area contributed by atoms with E-state index < -0.39 is 12.2 Å². The monoisotopic (exact) mass is 546 g/mol. The Kier molecular flexibility index (Phi) is 17.8. The summed E-state index contributed by atoms with van der Waals surface area (Å²) in [5, 5.41) is 11.0. The maximum atomic E-state index is 11.0. The van der Waals surface area contributed by atoms with Gasteiger partial charge in [-0.05, 0) is 31.1 Å². The van der Waals surface area contributed by atoms with Gasteiger partial charge in [0.15, 0.2) is 0 Å². The van der Waals surface area contributed by atoms with Gasteiger partial charge in [-0.25, -0.2) is 0 Å². The standard InChI is InChI=1S/C32H54N2O5/c1-5-6-7-8-9-10-11-12-13-14-15-20-30(35)31(27(2)3)39-32-33-28-18-16-17-19-29(28)34(32)21-22-37-25-26-38-24-23-36-4/h16-19,30-31,35H,2,5-15,20-26H2,1,3-4H3/t30-,31-/m0/s1. The van der Waals surface area contributed by atoms with Gasteiger partial charge in [0.05, 0.1) is 56.7 Å². The molecule has 0 bridgehead atoms. The van der Waals surface area contributed by atoms with E-state index in [1.165, 1.54) is 57.8 Å². The largest absolute Gasteiger partial charge is 0.454 e. The summed E-state index contributed by atoms with van der Waals surface area (Å²) in [6, 6.07) is 8.45. The lowest BCUT2D eigenvalue weighted by atomic mass is 10.00. The first-order chi connectivity index (χ1) is 19.1. The van der Waals surface area contributed by atoms with Crippen molar-refractivity contribution in [1.82, 2.24) is 9.55 Å². The maximum Gasteiger partial charge on any atom is 0.298 e. The van der Waals surface area contributed by atoms with Gasteiger partial charge in [0.25, 0.3) is 6.01 Å². The predicted octanol–water partition coefficient (Wildman–Crippen LogP) is 7.10. The Bertz CT molecular complexity index is 900. The second kappa shape index (κ2) is 20.9. The number of rotatable bonds is 25. The molecule has 2 rings (SSSR count). The van der Waals surface area contributed by atoms with Crippen LogP contribution < -0.4 is 4.74 Å². The van der Waals surface area contributed by atoms with E-state index in [0.29, 0.717) is 52.0 Å². The number of ether oxygens (including phenoxy) is 4. The van der Waals surface area contributed by atoms with Crippen molar-refractivity contribution >= 4 is 11.0 Å². The summed E-state index contributed by atoms with van der Waals surface area (Å²) in [6.45, 7) is 11.6. The summed E-state index contributed by atoms with van der Waals surface area (Å²) >= 11 is 0. The van der Waals surface area contributed by atoms with Crippen LogP contribution in [0.3, 0.4) is 0 Å². The molecule has 0 aliphatic heterocycles. The summed E-state index contributed by atoms with van der Waals surface area (Å²) < 4.78 is 24.6. The molecule has 0 amide bonds. The number of aromatic nitrogens is 2. The summed E-state index contributed by atoms with van der Waals surface area (Å²) in [6.07, 6.45) is 13.7. The molecule has 0 radical (unpaired) electrons. The highest BCUT2D eigenvalue weighted by atomic mass is 16.5. The third kappa shape index (κ3) is 13.3. The Morgan fingerprint density at radius 2 is 1.46 bits per heavy atom. The first kappa shape index (κ1) is 33.3. The van der Waals surface area contributed by atoms with Crippen LogP contribution in [-0.2, 0) is 20.8 Å². The van der Waals surface area contributed by atoms with Gasteiger partial charge in [-0.15, -0.1) is 0 Å². The van der Waals surface area contributed by atoms with Crippen LogP contribution in [0.4, 0.5) is 0 Å². The maximum absolute atomic E-state index is 11.0. The van der Waals surface area contributed by atoms with Crippen molar-refractivity contribution < 1.29 is 24.1 Å². The summed E-state index contributed by atoms with van der Waals surface area (Å²) in [4.78, 5) is 4.72. The second-order valence-electron chi connectivity index (χ2n) is 10.5. The van der Waals surface area contributed by atoms with Crippen LogP contribution in [0.25, 0.3) is 11.0 Å². The quantitative estimate of drug-likeness (QED) is 0.106. The van der Waals surface area contributed by atoms with Gasteiger partial charge < -0.3 is 24.1 Å². The number of imidazole rings is 1. The zero-order valence-electron chi connectivity index (χ0n) is 24.9. The van der Waals surface area contributed by atoms with Gasteiger partial charge in [-0.3, -0.25) is 4.57 Å². The highest BCUT2D eigenvalue weighted by molar-refractivity contribution is 5.76. The van der Waals surface area contributed by atoms with Crippen LogP contribution in [0.5, 0.6) is 6.01 Å². The van der Waals surface area contributed by atoms with E-state index in [1.807, 2.05) is 35.8 Å². The molecule has 0 spiro atoms. The highest BCUT2D eigenvalue weighted by Gasteiger charge is 2.24. The molecule has 0 fully saturated rings. The Hall–Kier alpha value is -1.93. The fourth-order valence-corrected chi connectivity index (χ4v) is 4.77. The van der Waals surface area contributed by atoms with Crippen molar-refractivity contribution in [3.05, 3.63) is 36.4 Å². The molecule has 0 aliphatic rings. The van der Waals surface area contributed by atoms with Crippen molar-refractivity contribution in [3.63, 3.8) is 0 Å². The van der Waals surface area contributed by atoms with E-state index in [4.69, 9.17) is 23.9 Å². The Morgan fingerprint density at radius 3 is 2.10 bits per heavy atom. The number of para-hydroxylation sites is 2. The second-order valence-corrected chi connectivity index (χ2v) is 10.5. The normalized spacial score (nSPS) is 13.1. The molecule has 0 saturated heterocycles. The van der Waals surface area contributed by atoms with Crippen LogP contribution in [0.15, 0.2) is 36.4 Å². The number of aliphatic hydroxyl groups is 1. The van der Waals surface area contributed by atoms with Gasteiger partial charge in [-0.1, -0.05) is 96.3 Å². The van der Waals surface area contributed by atoms with E-state index in [0.717, 1.165) is 29.4 Å². The van der Waals surface area contributed by atoms with Crippen LogP contribution in [-0.4, -0.2) is 67.0 Å². The molecule has 1 heterocycles. The lowest BCUT2D eigenvalue weighted by Gasteiger charge is -2.24. The summed E-state index contributed by atoms with van der Waals surface area (Å²) in [7, 11) is 1.66. The molecular weight excluding hydrogens is 492 g/mol. The van der Waals surface area contributed by atoms with E-state index >= 15 is 0 Å². The molecule has 2 atom stereocenters. The fraction of sp³-hybridized carbons (Fsp3) is 0.719. The SMILES string of the molecule is C=C(C)[C@H](Oc1nc2ccccc2n1CCOCCOCCOC)[C@@H](O)CCCCCCCCCCCCC. The average molecular weight is 547 g/mol. The molecule has 1 aromatic carbocycles. The smallest absolute Gasteiger partial charge is 0.298 e. The molecule has 7 heteroatoms. The van der Waals surface area contributed by atoms with Gasteiger partial charge in [0.1, 0.15) is 6.10 Å². The van der Waals surface area contributed by atoms with E-state index in [9.17, 15) is 5.11 Å². The van der Waals surface area contributed by atoms with Crippen molar-refractivity contribution in [2.24, 2.45) is 0 Å². The predicted molar refractivity (Wildman–Crippen MR) is 160 cm³/mol. The lowest BCUT2D eigenvalue weighted by molar-refractivity contribution is 0.0211. The summed E-state index contributed by atoms with van der Waals surface area (Å²) in [5.41, 5.74) is 2.64. The zero-order chi connectivity index (χ0) is 28.1. The minimum absolute atomic E-state index is 0.488. The first-order valence-corrected chi connectivity index (χ1v) is 15.2. The van der Waals surface area contributed by atoms with Crippen LogP contribution >= 0.6 is 0 Å². The van der Waals surface area contributed by atoms with E-state index in [-0.39, 0.29) is 0 Å². The molecule has 1 aromatic heterocycles. The number of hydrogen-bond acceptors (Lipinski definition) is 6. The molecule has 0 saturated carbocycles. The molecule has 39 heavy (non-hydrogen) atoms. The van der Waals surface area contributed by atoms with Crippen molar-refractivity contribution in [2.45, 2.75) is 110 Å². The molecule has 222 valence electrons. The number of benzene rings is 1. The molecule has 1 N–H and O–H groups in total. The van der Waals surface area contributed by atoms with Crippen LogP contribution in [0, 0.1) is 0 Å². The number of nitrogens with zero attached hydrogens (tertiary/aromatic N) is 2. The number of hydrogen-bond donors (Lipinski definition) is 1. The lowest BCUT2D eigenvalue weighted by Crippen LogP contribution is -2.33. The molecular formula is C32H54N2O5. The fourth-order valence-electron chi connectivity index (χ4n) is 4.77. The Morgan fingerprint density at radius 1 is 0.872 bits per heavy atom.